The molecular formula is C22H17F3N2O4S. The molecule has 0 bridgehead atoms. The van der Waals surface area contributed by atoms with Crippen molar-refractivity contribution in [1.82, 2.24) is 0 Å². The third kappa shape index (κ3) is 7.17. The zero-order chi connectivity index (χ0) is 23.2. The van der Waals surface area contributed by atoms with Crippen LogP contribution in [0.1, 0.15) is 15.9 Å². The SMILES string of the molecule is O=C(Nc1ccc(OC(F)(F)F)cc1)c1ccc(NS(=O)(=O)/C=C/c2ccccc2)cc1. The van der Waals surface area contributed by atoms with Gasteiger partial charge in [0.05, 0.1) is 5.41 Å². The number of hydrogen-bond donors (Lipinski definition) is 2. The maximum Gasteiger partial charge on any atom is 0.573 e. The number of alkyl halides is 3. The van der Waals surface area contributed by atoms with Gasteiger partial charge < -0.3 is 10.1 Å². The summed E-state index contributed by atoms with van der Waals surface area (Å²) in [4.78, 5) is 12.3. The lowest BCUT2D eigenvalue weighted by Gasteiger charge is -2.10. The lowest BCUT2D eigenvalue weighted by atomic mass is 10.2. The molecule has 0 spiro atoms. The van der Waals surface area contributed by atoms with Gasteiger partial charge in [0.15, 0.2) is 0 Å². The molecule has 0 radical (unpaired) electrons. The highest BCUT2D eigenvalue weighted by Crippen LogP contribution is 2.24. The van der Waals surface area contributed by atoms with Gasteiger partial charge in [-0.05, 0) is 60.2 Å². The van der Waals surface area contributed by atoms with E-state index >= 15 is 0 Å². The number of hydrogen-bond acceptors (Lipinski definition) is 4. The monoisotopic (exact) mass is 462 g/mol. The fraction of sp³-hybridized carbons (Fsp3) is 0.0455. The van der Waals surface area contributed by atoms with E-state index in [1.54, 1.807) is 24.3 Å². The number of halogens is 3. The molecule has 0 unspecified atom stereocenters. The number of carbonyl (C=O) groups is 1. The predicted octanol–water partition coefficient (Wildman–Crippen LogP) is 5.25. The quantitative estimate of drug-likeness (QED) is 0.502. The van der Waals surface area contributed by atoms with Gasteiger partial charge in [0.1, 0.15) is 5.75 Å². The van der Waals surface area contributed by atoms with E-state index in [1.165, 1.54) is 42.5 Å². The number of carbonyl (C=O) groups excluding carboxylic acids is 1. The summed E-state index contributed by atoms with van der Waals surface area (Å²) in [6, 6.07) is 19.2. The molecule has 0 fully saturated rings. The van der Waals surface area contributed by atoms with Crippen LogP contribution in [0.15, 0.2) is 84.3 Å². The minimum absolute atomic E-state index is 0.225. The highest BCUT2D eigenvalue weighted by atomic mass is 32.2. The first kappa shape index (κ1) is 22.9. The van der Waals surface area contributed by atoms with E-state index in [4.69, 9.17) is 0 Å². The molecule has 3 aromatic rings. The summed E-state index contributed by atoms with van der Waals surface area (Å²) < 4.78 is 67.1. The van der Waals surface area contributed by atoms with Crippen molar-refractivity contribution in [3.05, 3.63) is 95.4 Å². The van der Waals surface area contributed by atoms with E-state index < -0.39 is 28.0 Å². The third-order valence-electron chi connectivity index (χ3n) is 3.99. The standard InChI is InChI=1S/C22H17F3N2O4S/c23-22(24,25)31-20-12-10-18(11-13-20)26-21(28)17-6-8-19(9-7-17)27-32(29,30)15-14-16-4-2-1-3-5-16/h1-15,27H,(H,26,28)/b15-14+. The number of rotatable bonds is 7. The first-order valence-corrected chi connectivity index (χ1v) is 10.7. The van der Waals surface area contributed by atoms with Crippen LogP contribution in [-0.4, -0.2) is 20.7 Å². The van der Waals surface area contributed by atoms with Gasteiger partial charge in [-0.1, -0.05) is 30.3 Å². The zero-order valence-electron chi connectivity index (χ0n) is 16.3. The molecule has 6 nitrogen and oxygen atoms in total. The molecule has 3 aromatic carbocycles. The summed E-state index contributed by atoms with van der Waals surface area (Å²) in [5.74, 6) is -0.929. The summed E-state index contributed by atoms with van der Waals surface area (Å²) in [7, 11) is -3.75. The molecule has 0 heterocycles. The smallest absolute Gasteiger partial charge is 0.406 e. The molecule has 0 aromatic heterocycles. The second-order valence-corrected chi connectivity index (χ2v) is 8.03. The number of sulfonamides is 1. The van der Waals surface area contributed by atoms with Crippen molar-refractivity contribution in [2.45, 2.75) is 6.36 Å². The van der Waals surface area contributed by atoms with Crippen molar-refractivity contribution < 1.29 is 31.1 Å². The van der Waals surface area contributed by atoms with Crippen molar-refractivity contribution in [3.63, 3.8) is 0 Å². The lowest BCUT2D eigenvalue weighted by molar-refractivity contribution is -0.274. The topological polar surface area (TPSA) is 84.5 Å². The average molecular weight is 462 g/mol. The Labute approximate surface area is 182 Å². The highest BCUT2D eigenvalue weighted by Gasteiger charge is 2.30. The third-order valence-corrected chi connectivity index (χ3v) is 5.01. The molecule has 1 amide bonds. The van der Waals surface area contributed by atoms with Gasteiger partial charge in [-0.15, -0.1) is 13.2 Å². The summed E-state index contributed by atoms with van der Waals surface area (Å²) >= 11 is 0. The summed E-state index contributed by atoms with van der Waals surface area (Å²) in [6.45, 7) is 0. The van der Waals surface area contributed by atoms with Crippen LogP contribution < -0.4 is 14.8 Å². The number of anilines is 2. The summed E-state index contributed by atoms with van der Waals surface area (Å²) in [5.41, 5.74) is 1.47. The van der Waals surface area contributed by atoms with Crippen LogP contribution in [0.25, 0.3) is 6.08 Å². The van der Waals surface area contributed by atoms with Gasteiger partial charge in [-0.25, -0.2) is 8.42 Å². The molecule has 0 aliphatic rings. The first-order chi connectivity index (χ1) is 15.1. The Kier molecular flexibility index (Phi) is 6.84. The van der Waals surface area contributed by atoms with Gasteiger partial charge in [0.25, 0.3) is 15.9 Å². The molecule has 2 N–H and O–H groups in total. The van der Waals surface area contributed by atoms with Crippen LogP contribution in [0.2, 0.25) is 0 Å². The summed E-state index contributed by atoms with van der Waals surface area (Å²) in [6.07, 6.45) is -3.35. The maximum atomic E-state index is 12.3. The molecule has 3 rings (SSSR count). The number of amides is 1. The van der Waals surface area contributed by atoms with E-state index in [-0.39, 0.29) is 16.9 Å². The van der Waals surface area contributed by atoms with Crippen LogP contribution in [-0.2, 0) is 10.0 Å². The molecule has 32 heavy (non-hydrogen) atoms. The molecule has 0 saturated carbocycles. The number of nitrogens with one attached hydrogen (secondary N) is 2. The molecule has 166 valence electrons. The van der Waals surface area contributed by atoms with Gasteiger partial charge in [0, 0.05) is 16.9 Å². The average Bonchev–Trinajstić information content (AvgIpc) is 2.74. The van der Waals surface area contributed by atoms with Crippen LogP contribution in [0.5, 0.6) is 5.75 Å². The van der Waals surface area contributed by atoms with Crippen molar-refractivity contribution in [2.24, 2.45) is 0 Å². The molecule has 0 saturated heterocycles. The minimum atomic E-state index is -4.80. The van der Waals surface area contributed by atoms with Gasteiger partial charge in [0.2, 0.25) is 0 Å². The fourth-order valence-electron chi connectivity index (χ4n) is 2.56. The Hall–Kier alpha value is -3.79. The van der Waals surface area contributed by atoms with E-state index in [0.717, 1.165) is 23.1 Å². The van der Waals surface area contributed by atoms with Crippen molar-refractivity contribution in [3.8, 4) is 5.75 Å². The molecule has 0 atom stereocenters. The van der Waals surface area contributed by atoms with E-state index in [0.29, 0.717) is 0 Å². The van der Waals surface area contributed by atoms with Crippen molar-refractivity contribution >= 4 is 33.4 Å². The van der Waals surface area contributed by atoms with E-state index in [1.807, 2.05) is 6.07 Å². The van der Waals surface area contributed by atoms with Crippen LogP contribution in [0, 0.1) is 0 Å². The van der Waals surface area contributed by atoms with Crippen molar-refractivity contribution in [1.29, 1.82) is 0 Å². The van der Waals surface area contributed by atoms with Crippen LogP contribution in [0.4, 0.5) is 24.5 Å². The Bertz CT molecular complexity index is 1190. The highest BCUT2D eigenvalue weighted by molar-refractivity contribution is 7.95. The normalized spacial score (nSPS) is 11.8. The second kappa shape index (κ2) is 9.56. The minimum Gasteiger partial charge on any atom is -0.406 e. The molecular weight excluding hydrogens is 445 g/mol. The Morgan fingerprint density at radius 1 is 0.844 bits per heavy atom. The van der Waals surface area contributed by atoms with E-state index in [9.17, 15) is 26.4 Å². The number of ether oxygens (including phenoxy) is 1. The molecule has 0 aliphatic heterocycles. The predicted molar refractivity (Wildman–Crippen MR) is 116 cm³/mol. The molecule has 0 aliphatic carbocycles. The van der Waals surface area contributed by atoms with Gasteiger partial charge in [-0.3, -0.25) is 9.52 Å². The zero-order valence-corrected chi connectivity index (χ0v) is 17.2. The van der Waals surface area contributed by atoms with E-state index in [2.05, 4.69) is 14.8 Å². The molecule has 10 heteroatoms. The maximum absolute atomic E-state index is 12.3. The Balaban J connectivity index is 1.60. The second-order valence-electron chi connectivity index (χ2n) is 6.46. The van der Waals surface area contributed by atoms with Crippen molar-refractivity contribution in [2.75, 3.05) is 10.0 Å². The fourth-order valence-corrected chi connectivity index (χ4v) is 3.43. The van der Waals surface area contributed by atoms with Gasteiger partial charge >= 0.3 is 6.36 Å². The Morgan fingerprint density at radius 3 is 2.03 bits per heavy atom. The first-order valence-electron chi connectivity index (χ1n) is 9.13. The van der Waals surface area contributed by atoms with Crippen LogP contribution in [0.3, 0.4) is 0 Å². The summed E-state index contributed by atoms with van der Waals surface area (Å²) in [5, 5.41) is 3.57. The Morgan fingerprint density at radius 2 is 1.44 bits per heavy atom. The largest absolute Gasteiger partial charge is 0.573 e. The lowest BCUT2D eigenvalue weighted by Crippen LogP contribution is -2.17. The van der Waals surface area contributed by atoms with Crippen LogP contribution >= 0.6 is 0 Å². The van der Waals surface area contributed by atoms with Gasteiger partial charge in [-0.2, -0.15) is 0 Å². The number of benzene rings is 3.